The number of carbonyl (C=O) groups excluding carboxylic acids is 1. The maximum Gasteiger partial charge on any atom is 0.250 e. The van der Waals surface area contributed by atoms with Crippen molar-refractivity contribution >= 4 is 11.6 Å². The molecule has 0 bridgehead atoms. The third-order valence-corrected chi connectivity index (χ3v) is 2.94. The van der Waals surface area contributed by atoms with E-state index >= 15 is 0 Å². The van der Waals surface area contributed by atoms with Gasteiger partial charge in [0, 0.05) is 12.2 Å². The number of hydrogen-bond acceptors (Lipinski definition) is 4. The highest BCUT2D eigenvalue weighted by atomic mass is 16.5. The van der Waals surface area contributed by atoms with Crippen molar-refractivity contribution < 1.29 is 14.3 Å². The lowest BCUT2D eigenvalue weighted by Gasteiger charge is -2.11. The molecule has 0 radical (unpaired) electrons. The molecule has 0 heterocycles. The number of amides is 1. The Kier molecular flexibility index (Phi) is 5.04. The van der Waals surface area contributed by atoms with Crippen LogP contribution in [0, 0.1) is 0 Å². The van der Waals surface area contributed by atoms with Gasteiger partial charge in [-0.1, -0.05) is 12.1 Å². The van der Waals surface area contributed by atoms with Gasteiger partial charge in [0.2, 0.25) is 0 Å². The number of carbonyl (C=O) groups is 1. The fraction of sp³-hybridized carbons (Fsp3) is 0.188. The summed E-state index contributed by atoms with van der Waals surface area (Å²) in [4.78, 5) is 11.3. The van der Waals surface area contributed by atoms with Crippen LogP contribution in [0.1, 0.15) is 10.4 Å². The van der Waals surface area contributed by atoms with Gasteiger partial charge in [0.1, 0.15) is 18.1 Å². The molecule has 110 valence electrons. The normalized spacial score (nSPS) is 9.95. The van der Waals surface area contributed by atoms with Crippen molar-refractivity contribution in [2.75, 3.05) is 25.6 Å². The van der Waals surface area contributed by atoms with E-state index in [1.54, 1.807) is 19.2 Å². The number of rotatable bonds is 7. The minimum atomic E-state index is -0.450. The number of methoxy groups -OCH3 is 1. The summed E-state index contributed by atoms with van der Waals surface area (Å²) in [7, 11) is 1.62. The summed E-state index contributed by atoms with van der Waals surface area (Å²) in [5, 5.41) is 3.14. The first-order valence-corrected chi connectivity index (χ1v) is 6.60. The Morgan fingerprint density at radius 2 is 1.76 bits per heavy atom. The molecule has 21 heavy (non-hydrogen) atoms. The van der Waals surface area contributed by atoms with Crippen LogP contribution >= 0.6 is 0 Å². The molecule has 0 saturated heterocycles. The van der Waals surface area contributed by atoms with Gasteiger partial charge >= 0.3 is 0 Å². The molecule has 2 aromatic carbocycles. The van der Waals surface area contributed by atoms with E-state index in [0.717, 1.165) is 11.5 Å². The van der Waals surface area contributed by atoms with Crippen LogP contribution in [0.15, 0.2) is 48.5 Å². The Labute approximate surface area is 123 Å². The third-order valence-electron chi connectivity index (χ3n) is 2.94. The highest BCUT2D eigenvalue weighted by Gasteiger charge is 2.06. The number of anilines is 1. The average Bonchev–Trinajstić information content (AvgIpc) is 2.52. The quantitative estimate of drug-likeness (QED) is 0.766. The zero-order valence-corrected chi connectivity index (χ0v) is 11.8. The van der Waals surface area contributed by atoms with E-state index in [0.29, 0.717) is 24.4 Å². The number of hydrogen-bond donors (Lipinski definition) is 2. The van der Waals surface area contributed by atoms with E-state index in [-0.39, 0.29) is 0 Å². The van der Waals surface area contributed by atoms with E-state index in [9.17, 15) is 4.79 Å². The first-order valence-electron chi connectivity index (χ1n) is 6.60. The lowest BCUT2D eigenvalue weighted by Crippen LogP contribution is -2.17. The molecular weight excluding hydrogens is 268 g/mol. The lowest BCUT2D eigenvalue weighted by atomic mass is 10.1. The smallest absolute Gasteiger partial charge is 0.250 e. The fourth-order valence-corrected chi connectivity index (χ4v) is 1.88. The van der Waals surface area contributed by atoms with Gasteiger partial charge in [0.25, 0.3) is 5.91 Å². The van der Waals surface area contributed by atoms with Crippen LogP contribution in [0.4, 0.5) is 5.69 Å². The van der Waals surface area contributed by atoms with Crippen LogP contribution in [-0.4, -0.2) is 26.2 Å². The van der Waals surface area contributed by atoms with Crippen LogP contribution in [0.2, 0.25) is 0 Å². The van der Waals surface area contributed by atoms with E-state index in [1.165, 1.54) is 0 Å². The van der Waals surface area contributed by atoms with Gasteiger partial charge in [0.05, 0.1) is 12.7 Å². The van der Waals surface area contributed by atoms with Gasteiger partial charge in [-0.15, -0.1) is 0 Å². The summed E-state index contributed by atoms with van der Waals surface area (Å²) in [5.74, 6) is 1.10. The van der Waals surface area contributed by atoms with E-state index in [4.69, 9.17) is 15.2 Å². The van der Waals surface area contributed by atoms with Crippen LogP contribution in [0.3, 0.4) is 0 Å². The topological polar surface area (TPSA) is 73.6 Å². The van der Waals surface area contributed by atoms with Gasteiger partial charge in [-0.25, -0.2) is 0 Å². The number of nitrogens with one attached hydrogen (secondary N) is 1. The van der Waals surface area contributed by atoms with Crippen LogP contribution < -0.4 is 20.5 Å². The van der Waals surface area contributed by atoms with Gasteiger partial charge in [-0.05, 0) is 36.4 Å². The number of benzene rings is 2. The maximum absolute atomic E-state index is 11.3. The van der Waals surface area contributed by atoms with Crippen LogP contribution in [-0.2, 0) is 0 Å². The summed E-state index contributed by atoms with van der Waals surface area (Å²) < 4.78 is 10.7. The van der Waals surface area contributed by atoms with E-state index in [1.807, 2.05) is 36.4 Å². The predicted octanol–water partition coefficient (Wildman–Crippen LogP) is 2.29. The van der Waals surface area contributed by atoms with Gasteiger partial charge in [-0.2, -0.15) is 0 Å². The van der Waals surface area contributed by atoms with E-state index in [2.05, 4.69) is 5.32 Å². The fourth-order valence-electron chi connectivity index (χ4n) is 1.88. The molecule has 2 aromatic rings. The van der Waals surface area contributed by atoms with Crippen molar-refractivity contribution in [3.05, 3.63) is 54.1 Å². The van der Waals surface area contributed by atoms with Gasteiger partial charge in [0.15, 0.2) is 0 Å². The van der Waals surface area contributed by atoms with Gasteiger partial charge < -0.3 is 20.5 Å². The summed E-state index contributed by atoms with van der Waals surface area (Å²) in [5.41, 5.74) is 6.50. The van der Waals surface area contributed by atoms with Crippen molar-refractivity contribution in [2.45, 2.75) is 0 Å². The monoisotopic (exact) mass is 286 g/mol. The Hall–Kier alpha value is -2.69. The second-order valence-electron chi connectivity index (χ2n) is 4.36. The molecule has 2 rings (SSSR count). The summed E-state index contributed by atoms with van der Waals surface area (Å²) >= 11 is 0. The zero-order valence-electron chi connectivity index (χ0n) is 11.8. The largest absolute Gasteiger partial charge is 0.497 e. The molecule has 0 fully saturated rings. The maximum atomic E-state index is 11.3. The summed E-state index contributed by atoms with van der Waals surface area (Å²) in [6, 6.07) is 14.5. The predicted molar refractivity (Wildman–Crippen MR) is 81.9 cm³/mol. The Bertz CT molecular complexity index is 597. The Morgan fingerprint density at radius 1 is 1.10 bits per heavy atom. The number of para-hydroxylation sites is 1. The minimum Gasteiger partial charge on any atom is -0.497 e. The highest BCUT2D eigenvalue weighted by Crippen LogP contribution is 2.17. The zero-order chi connectivity index (χ0) is 15.1. The average molecular weight is 286 g/mol. The second-order valence-corrected chi connectivity index (χ2v) is 4.36. The molecule has 1 amide bonds. The first kappa shape index (κ1) is 14.7. The minimum absolute atomic E-state index is 0.450. The molecule has 5 nitrogen and oxygen atoms in total. The molecule has 0 spiro atoms. The first-order chi connectivity index (χ1) is 10.2. The molecule has 0 unspecified atom stereocenters. The molecule has 0 aliphatic heterocycles. The van der Waals surface area contributed by atoms with Crippen molar-refractivity contribution in [1.82, 2.24) is 0 Å². The third kappa shape index (κ3) is 4.14. The highest BCUT2D eigenvalue weighted by molar-refractivity contribution is 5.98. The summed E-state index contributed by atoms with van der Waals surface area (Å²) in [6.45, 7) is 1.04. The van der Waals surface area contributed by atoms with Crippen LogP contribution in [0.25, 0.3) is 0 Å². The molecule has 0 aliphatic rings. The molecule has 3 N–H and O–H groups in total. The standard InChI is InChI=1S/C16H18N2O3/c1-20-12-6-8-13(9-7-12)21-11-10-18-15-5-3-2-4-14(15)16(17)19/h2-9,18H,10-11H2,1H3,(H2,17,19). The van der Waals surface area contributed by atoms with E-state index < -0.39 is 5.91 Å². The number of nitrogens with two attached hydrogens (primary N) is 1. The van der Waals surface area contributed by atoms with Crippen LogP contribution in [0.5, 0.6) is 11.5 Å². The van der Waals surface area contributed by atoms with Crippen molar-refractivity contribution in [3.8, 4) is 11.5 Å². The molecule has 0 saturated carbocycles. The Balaban J connectivity index is 1.83. The summed E-state index contributed by atoms with van der Waals surface area (Å²) in [6.07, 6.45) is 0. The number of ether oxygens (including phenoxy) is 2. The number of primary amides is 1. The second kappa shape index (κ2) is 7.19. The molecule has 5 heteroatoms. The molecule has 0 atom stereocenters. The lowest BCUT2D eigenvalue weighted by molar-refractivity contribution is 0.100. The SMILES string of the molecule is COc1ccc(OCCNc2ccccc2C(N)=O)cc1. The van der Waals surface area contributed by atoms with Crippen molar-refractivity contribution in [1.29, 1.82) is 0 Å². The molecule has 0 aliphatic carbocycles. The Morgan fingerprint density at radius 3 is 2.43 bits per heavy atom. The van der Waals surface area contributed by atoms with Crippen molar-refractivity contribution in [3.63, 3.8) is 0 Å². The molecular formula is C16H18N2O3. The van der Waals surface area contributed by atoms with Crippen molar-refractivity contribution in [2.24, 2.45) is 5.73 Å². The molecule has 0 aromatic heterocycles. The van der Waals surface area contributed by atoms with Gasteiger partial charge in [-0.3, -0.25) is 4.79 Å².